The second-order valence-corrected chi connectivity index (χ2v) is 13.5. The van der Waals surface area contributed by atoms with Gasteiger partial charge in [-0.2, -0.15) is 29.5 Å². The van der Waals surface area contributed by atoms with Gasteiger partial charge in [0.15, 0.2) is 22.3 Å². The molecule has 6 N–H and O–H groups in total. The van der Waals surface area contributed by atoms with Gasteiger partial charge in [-0.25, -0.2) is 9.97 Å². The molecule has 2 aromatic carbocycles. The van der Waals surface area contributed by atoms with Gasteiger partial charge in [0.2, 0.25) is 17.8 Å². The first-order valence-corrected chi connectivity index (χ1v) is 19.3. The number of carbonyl (C=O) groups is 2. The van der Waals surface area contributed by atoms with Crippen molar-refractivity contribution in [3.63, 3.8) is 0 Å². The number of carboxylic acid groups (broad SMARTS) is 1. The van der Waals surface area contributed by atoms with Crippen LogP contribution < -0.4 is 31.2 Å². The molecule has 2 aliphatic heterocycles. The topological polar surface area (TPSA) is 284 Å². The number of fused-ring (bicyclic) bond motifs is 10. The van der Waals surface area contributed by atoms with E-state index in [9.17, 15) is 9.59 Å². The van der Waals surface area contributed by atoms with Crippen molar-refractivity contribution in [1.29, 1.82) is 0 Å². The van der Waals surface area contributed by atoms with Crippen molar-refractivity contribution in [1.82, 2.24) is 74.8 Å². The van der Waals surface area contributed by atoms with Gasteiger partial charge in [-0.05, 0) is 67.9 Å². The quantitative estimate of drug-likeness (QED) is 0.132. The third kappa shape index (κ3) is 10.1. The lowest BCUT2D eigenvalue weighted by Crippen LogP contribution is -2.26. The van der Waals surface area contributed by atoms with Crippen LogP contribution in [0.3, 0.4) is 0 Å². The summed E-state index contributed by atoms with van der Waals surface area (Å²) in [6.07, 6.45) is 12.2. The molecule has 6 bridgehead atoms. The van der Waals surface area contributed by atoms with Crippen LogP contribution in [0.15, 0.2) is 85.7 Å². The first-order chi connectivity index (χ1) is 29.9. The summed E-state index contributed by atoms with van der Waals surface area (Å²) < 4.78 is 17.9. The summed E-state index contributed by atoms with van der Waals surface area (Å²) in [5.74, 6) is 1.12. The van der Waals surface area contributed by atoms with Gasteiger partial charge in [-0.1, -0.05) is 10.4 Å². The molecule has 2 aliphatic rings. The van der Waals surface area contributed by atoms with Gasteiger partial charge >= 0.3 is 5.97 Å². The Hall–Kier alpha value is -8.08. The molecule has 1 amide bonds. The molecule has 312 valence electrons. The number of benzene rings is 2. The van der Waals surface area contributed by atoms with Crippen LogP contribution in [0.5, 0.6) is 11.5 Å². The van der Waals surface area contributed by atoms with Crippen LogP contribution in [0.2, 0.25) is 0 Å². The van der Waals surface area contributed by atoms with Crippen LogP contribution in [0.25, 0.3) is 33.7 Å². The van der Waals surface area contributed by atoms with E-state index in [-0.39, 0.29) is 18.9 Å². The van der Waals surface area contributed by atoms with Gasteiger partial charge in [-0.3, -0.25) is 19.0 Å². The van der Waals surface area contributed by atoms with Crippen LogP contribution in [0.4, 0.5) is 23.3 Å². The fourth-order valence-corrected chi connectivity index (χ4v) is 5.98. The van der Waals surface area contributed by atoms with Crippen LogP contribution in [0, 0.1) is 0 Å². The minimum Gasteiger partial charge on any atom is -0.493 e. The van der Waals surface area contributed by atoms with Crippen LogP contribution in [-0.4, -0.2) is 113 Å². The molecular formula is C38H40N18O5. The van der Waals surface area contributed by atoms with Crippen molar-refractivity contribution in [2.75, 3.05) is 36.9 Å². The van der Waals surface area contributed by atoms with Crippen molar-refractivity contribution in [3.8, 4) is 22.9 Å². The van der Waals surface area contributed by atoms with Crippen molar-refractivity contribution in [2.45, 2.75) is 38.8 Å². The minimum atomic E-state index is -0.905. The van der Waals surface area contributed by atoms with E-state index in [2.05, 4.69) is 66.7 Å². The number of carboxylic acids is 1. The van der Waals surface area contributed by atoms with E-state index in [1.54, 1.807) is 67.8 Å². The Bertz CT molecular complexity index is 2730. The summed E-state index contributed by atoms with van der Waals surface area (Å²) in [6, 6.07) is 14.4. The molecule has 8 heterocycles. The summed E-state index contributed by atoms with van der Waals surface area (Å²) in [5, 5.41) is 43.1. The molecule has 0 saturated carbocycles. The number of nitrogens with zero attached hydrogens (tertiary/aromatic N) is 14. The van der Waals surface area contributed by atoms with Gasteiger partial charge in [0.05, 0.1) is 73.6 Å². The van der Waals surface area contributed by atoms with Crippen molar-refractivity contribution < 1.29 is 24.2 Å². The molecule has 6 aromatic heterocycles. The van der Waals surface area contributed by atoms with Crippen LogP contribution >= 0.6 is 0 Å². The zero-order valence-corrected chi connectivity index (χ0v) is 32.6. The summed E-state index contributed by atoms with van der Waals surface area (Å²) in [7, 11) is 0. The Labute approximate surface area is 345 Å². The SMILES string of the molecule is NCCCn1cc(Nc2ncc3nnn(-c4ccc(OCCC(=O)O)cc4)c3n2)cn1.O=C1CCOc2ccc(cc2)-n2nnc3cnc(nc32)Nc2cnn(c2)CCCN1. The number of aliphatic carboxylic acids is 1. The molecular weight excluding hydrogens is 789 g/mol. The Morgan fingerprint density at radius 1 is 0.902 bits per heavy atom. The lowest BCUT2D eigenvalue weighted by Gasteiger charge is -2.09. The van der Waals surface area contributed by atoms with E-state index in [0.717, 1.165) is 42.1 Å². The third-order valence-corrected chi connectivity index (χ3v) is 8.99. The molecule has 23 nitrogen and oxygen atoms in total. The largest absolute Gasteiger partial charge is 0.493 e. The summed E-state index contributed by atoms with van der Waals surface area (Å²) in [4.78, 5) is 40.2. The maximum absolute atomic E-state index is 12.0. The van der Waals surface area contributed by atoms with Gasteiger partial charge in [0, 0.05) is 32.0 Å². The number of nitrogens with two attached hydrogens (primary N) is 1. The number of aromatic nitrogens is 14. The second-order valence-electron chi connectivity index (χ2n) is 13.5. The highest BCUT2D eigenvalue weighted by atomic mass is 16.5. The summed E-state index contributed by atoms with van der Waals surface area (Å²) >= 11 is 0. The Morgan fingerprint density at radius 2 is 1.64 bits per heavy atom. The molecule has 0 atom stereocenters. The number of anilines is 4. The molecule has 23 heteroatoms. The highest BCUT2D eigenvalue weighted by molar-refractivity contribution is 5.76. The molecule has 0 aliphatic carbocycles. The lowest BCUT2D eigenvalue weighted by atomic mass is 10.3. The van der Waals surface area contributed by atoms with E-state index >= 15 is 0 Å². The number of ether oxygens (including phenoxy) is 2. The molecule has 0 spiro atoms. The molecule has 0 saturated heterocycles. The van der Waals surface area contributed by atoms with Crippen molar-refractivity contribution in [2.24, 2.45) is 5.73 Å². The summed E-state index contributed by atoms with van der Waals surface area (Å²) in [6.45, 7) is 3.02. The molecule has 10 rings (SSSR count). The number of rotatable bonds is 10. The fourth-order valence-electron chi connectivity index (χ4n) is 5.98. The first kappa shape index (κ1) is 39.7. The second kappa shape index (κ2) is 18.7. The third-order valence-electron chi connectivity index (χ3n) is 8.99. The number of hydrogen-bond acceptors (Lipinski definition) is 17. The summed E-state index contributed by atoms with van der Waals surface area (Å²) in [5.41, 5.74) is 10.8. The standard InChI is InChI=1S/C19H21N9O3.C19H19N9O2/c20-7-1-8-27-12-13(10-22-27)23-19-21-11-16-18(24-19)28(26-25-16)14-2-4-15(5-3-14)31-9-6-17(29)30;29-17-6-9-30-15-4-2-14(3-5-15)28-18-16(25-26-28)11-21-19(24-18)23-13-10-22-27(12-13)8-1-7-20-17/h2-5,10-12H,1,6-9,20H2,(H,29,30)(H,21,23,24);2-5,10-12H,1,6-9H2,(H,20,29)(H,21,23,24). The maximum atomic E-state index is 12.0. The zero-order chi connectivity index (χ0) is 42.0. The minimum absolute atomic E-state index is 0.0375. The zero-order valence-electron chi connectivity index (χ0n) is 32.6. The van der Waals surface area contributed by atoms with E-state index in [1.165, 1.54) is 0 Å². The van der Waals surface area contributed by atoms with E-state index in [0.29, 0.717) is 78.4 Å². The molecule has 0 unspecified atom stereocenters. The molecule has 61 heavy (non-hydrogen) atoms. The average Bonchev–Trinajstić information content (AvgIpc) is 4.09. The lowest BCUT2D eigenvalue weighted by molar-refractivity contribution is -0.137. The molecule has 0 radical (unpaired) electrons. The van der Waals surface area contributed by atoms with Gasteiger partial charge in [-0.15, -0.1) is 10.2 Å². The van der Waals surface area contributed by atoms with Gasteiger partial charge < -0.3 is 36.3 Å². The van der Waals surface area contributed by atoms with Crippen molar-refractivity contribution in [3.05, 3.63) is 85.7 Å². The van der Waals surface area contributed by atoms with Crippen LogP contribution in [0.1, 0.15) is 25.7 Å². The highest BCUT2D eigenvalue weighted by Crippen LogP contribution is 2.22. The van der Waals surface area contributed by atoms with E-state index < -0.39 is 5.97 Å². The molecule has 0 fully saturated rings. The Morgan fingerprint density at radius 3 is 2.39 bits per heavy atom. The van der Waals surface area contributed by atoms with Gasteiger partial charge in [0.25, 0.3) is 0 Å². The monoisotopic (exact) mass is 828 g/mol. The normalized spacial score (nSPS) is 12.9. The smallest absolute Gasteiger partial charge is 0.306 e. The number of amides is 1. The predicted molar refractivity (Wildman–Crippen MR) is 219 cm³/mol. The van der Waals surface area contributed by atoms with E-state index in [1.807, 2.05) is 36.7 Å². The Kier molecular flexibility index (Phi) is 12.2. The van der Waals surface area contributed by atoms with E-state index in [4.69, 9.17) is 20.3 Å². The Balaban J connectivity index is 0.000000168. The fraction of sp³-hybridized carbons (Fsp3) is 0.263. The van der Waals surface area contributed by atoms with Gasteiger partial charge in [0.1, 0.15) is 11.5 Å². The maximum Gasteiger partial charge on any atom is 0.306 e. The van der Waals surface area contributed by atoms with Crippen molar-refractivity contribution >= 4 is 57.5 Å². The molecule has 8 aromatic rings. The predicted octanol–water partition coefficient (Wildman–Crippen LogP) is 2.79. The average molecular weight is 829 g/mol. The number of nitrogens with one attached hydrogen (secondary N) is 3. The number of carbonyl (C=O) groups excluding carboxylic acids is 1. The first-order valence-electron chi connectivity index (χ1n) is 19.3. The highest BCUT2D eigenvalue weighted by Gasteiger charge is 2.14. The van der Waals surface area contributed by atoms with Crippen LogP contribution in [-0.2, 0) is 22.7 Å². The number of aryl methyl sites for hydroxylation is 2. The number of hydrogen-bond donors (Lipinski definition) is 5.